The van der Waals surface area contributed by atoms with Gasteiger partial charge in [-0.05, 0) is 39.2 Å². The number of nitrogens with zero attached hydrogens (tertiary/aromatic N) is 1. The molecule has 0 radical (unpaired) electrons. The predicted octanol–water partition coefficient (Wildman–Crippen LogP) is 2.63. The second kappa shape index (κ2) is 5.70. The minimum absolute atomic E-state index is 0.0650. The van der Waals surface area contributed by atoms with E-state index in [-0.39, 0.29) is 6.54 Å². The molecule has 0 aliphatic carbocycles. The molecule has 1 fully saturated rings. The van der Waals surface area contributed by atoms with Crippen molar-refractivity contribution >= 4 is 27.3 Å². The fourth-order valence-electron chi connectivity index (χ4n) is 2.91. The van der Waals surface area contributed by atoms with E-state index < -0.39 is 21.4 Å². The van der Waals surface area contributed by atoms with Crippen molar-refractivity contribution in [1.82, 2.24) is 4.31 Å². The molecule has 1 atom stereocenters. The Labute approximate surface area is 129 Å². The minimum Gasteiger partial charge on any atom is -0.481 e. The zero-order chi connectivity index (χ0) is 15.8. The maximum atomic E-state index is 12.8. The Kier molecular flexibility index (Phi) is 4.46. The highest BCUT2D eigenvalue weighted by Gasteiger charge is 2.44. The Morgan fingerprint density at radius 1 is 1.48 bits per heavy atom. The second-order valence-corrected chi connectivity index (χ2v) is 9.03. The van der Waals surface area contributed by atoms with Crippen molar-refractivity contribution in [1.29, 1.82) is 0 Å². The molecule has 5 nitrogen and oxygen atoms in total. The van der Waals surface area contributed by atoms with Crippen LogP contribution in [0.4, 0.5) is 0 Å². The van der Waals surface area contributed by atoms with E-state index in [9.17, 15) is 18.3 Å². The Hall–Kier alpha value is -0.920. The van der Waals surface area contributed by atoms with Gasteiger partial charge in [0.05, 0.1) is 10.3 Å². The van der Waals surface area contributed by atoms with Crippen LogP contribution in [-0.2, 0) is 14.8 Å². The van der Waals surface area contributed by atoms with Gasteiger partial charge in [-0.2, -0.15) is 4.31 Å². The number of aryl methyl sites for hydroxylation is 2. The summed E-state index contributed by atoms with van der Waals surface area (Å²) >= 11 is 1.45. The molecule has 1 saturated heterocycles. The van der Waals surface area contributed by atoms with Crippen LogP contribution in [0.5, 0.6) is 0 Å². The molecule has 0 amide bonds. The second-order valence-electron chi connectivity index (χ2n) is 5.66. The number of carboxylic acid groups (broad SMARTS) is 1. The predicted molar refractivity (Wildman–Crippen MR) is 82.1 cm³/mol. The van der Waals surface area contributed by atoms with Crippen molar-refractivity contribution in [2.24, 2.45) is 5.41 Å². The lowest BCUT2D eigenvalue weighted by Crippen LogP contribution is -2.49. The van der Waals surface area contributed by atoms with E-state index >= 15 is 0 Å². The lowest BCUT2D eigenvalue weighted by Gasteiger charge is -2.38. The molecule has 0 spiro atoms. The van der Waals surface area contributed by atoms with Gasteiger partial charge >= 0.3 is 5.97 Å². The molecular weight excluding hydrogens is 310 g/mol. The molecule has 2 heterocycles. The lowest BCUT2D eigenvalue weighted by atomic mass is 9.78. The highest BCUT2D eigenvalue weighted by molar-refractivity contribution is 7.89. The summed E-state index contributed by atoms with van der Waals surface area (Å²) in [4.78, 5) is 13.6. The largest absolute Gasteiger partial charge is 0.481 e. The fraction of sp³-hybridized carbons (Fsp3) is 0.643. The van der Waals surface area contributed by atoms with Crippen LogP contribution < -0.4 is 0 Å². The topological polar surface area (TPSA) is 74.7 Å². The van der Waals surface area contributed by atoms with Crippen LogP contribution >= 0.6 is 11.3 Å². The first kappa shape index (κ1) is 16.5. The van der Waals surface area contributed by atoms with Crippen molar-refractivity contribution < 1.29 is 18.3 Å². The Morgan fingerprint density at radius 3 is 2.62 bits per heavy atom. The first-order valence-electron chi connectivity index (χ1n) is 7.03. The number of piperidine rings is 1. The SMILES string of the molecule is CCC1(C(=O)O)CCCN(S(=O)(=O)c2cc(C)sc2C)C1. The van der Waals surface area contributed by atoms with E-state index in [1.54, 1.807) is 13.0 Å². The minimum atomic E-state index is -3.61. The third-order valence-corrected chi connectivity index (χ3v) is 7.35. The number of thiophene rings is 1. The molecule has 1 aromatic rings. The first-order chi connectivity index (χ1) is 9.73. The van der Waals surface area contributed by atoms with Gasteiger partial charge in [0.15, 0.2) is 0 Å². The third kappa shape index (κ3) is 2.86. The Balaban J connectivity index is 2.37. The number of hydrogen-bond donors (Lipinski definition) is 1. The molecule has 0 aromatic carbocycles. The fourth-order valence-corrected chi connectivity index (χ4v) is 6.00. The number of rotatable bonds is 4. The van der Waals surface area contributed by atoms with Crippen LogP contribution in [0.25, 0.3) is 0 Å². The van der Waals surface area contributed by atoms with Gasteiger partial charge < -0.3 is 5.11 Å². The molecule has 1 aromatic heterocycles. The smallest absolute Gasteiger partial charge is 0.310 e. The van der Waals surface area contributed by atoms with Gasteiger partial charge in [-0.25, -0.2) is 8.42 Å². The summed E-state index contributed by atoms with van der Waals surface area (Å²) in [6.45, 7) is 5.94. The van der Waals surface area contributed by atoms with E-state index in [0.29, 0.717) is 30.7 Å². The third-order valence-electron chi connectivity index (χ3n) is 4.29. The summed E-state index contributed by atoms with van der Waals surface area (Å²) in [5.41, 5.74) is -0.954. The summed E-state index contributed by atoms with van der Waals surface area (Å²) in [5, 5.41) is 9.48. The highest BCUT2D eigenvalue weighted by Crippen LogP contribution is 2.37. The molecule has 0 saturated carbocycles. The van der Waals surface area contributed by atoms with E-state index in [2.05, 4.69) is 0 Å². The number of hydrogen-bond acceptors (Lipinski definition) is 4. The summed E-state index contributed by atoms with van der Waals surface area (Å²) < 4.78 is 26.9. The van der Waals surface area contributed by atoms with Crippen LogP contribution in [0, 0.1) is 19.3 Å². The zero-order valence-electron chi connectivity index (χ0n) is 12.5. The van der Waals surface area contributed by atoms with Gasteiger partial charge in [0.1, 0.15) is 0 Å². The van der Waals surface area contributed by atoms with Gasteiger partial charge in [0, 0.05) is 22.8 Å². The van der Waals surface area contributed by atoms with Crippen LogP contribution in [0.2, 0.25) is 0 Å². The number of carbonyl (C=O) groups is 1. The Bertz CT molecular complexity index is 650. The number of sulfonamides is 1. The van der Waals surface area contributed by atoms with E-state index in [0.717, 1.165) is 9.75 Å². The quantitative estimate of drug-likeness (QED) is 0.920. The van der Waals surface area contributed by atoms with Gasteiger partial charge in [0.25, 0.3) is 0 Å². The maximum absolute atomic E-state index is 12.8. The number of aliphatic carboxylic acids is 1. The van der Waals surface area contributed by atoms with Gasteiger partial charge in [-0.1, -0.05) is 6.92 Å². The van der Waals surface area contributed by atoms with Crippen molar-refractivity contribution in [3.8, 4) is 0 Å². The van der Waals surface area contributed by atoms with E-state index in [4.69, 9.17) is 0 Å². The molecule has 21 heavy (non-hydrogen) atoms. The molecule has 118 valence electrons. The molecule has 0 bridgehead atoms. The normalized spacial score (nSPS) is 24.1. The summed E-state index contributed by atoms with van der Waals surface area (Å²) in [7, 11) is -3.61. The van der Waals surface area contributed by atoms with Gasteiger partial charge in [0.2, 0.25) is 10.0 Å². The average Bonchev–Trinajstić information content (AvgIpc) is 2.78. The van der Waals surface area contributed by atoms with Crippen molar-refractivity contribution in [2.75, 3.05) is 13.1 Å². The Morgan fingerprint density at radius 2 is 2.14 bits per heavy atom. The molecule has 7 heteroatoms. The molecule has 1 aliphatic rings. The van der Waals surface area contributed by atoms with Crippen LogP contribution in [0.3, 0.4) is 0 Å². The lowest BCUT2D eigenvalue weighted by molar-refractivity contribution is -0.151. The van der Waals surface area contributed by atoms with E-state index in [1.807, 2.05) is 13.8 Å². The average molecular weight is 331 g/mol. The van der Waals surface area contributed by atoms with E-state index in [1.165, 1.54) is 15.6 Å². The van der Waals surface area contributed by atoms with Gasteiger partial charge in [-0.15, -0.1) is 11.3 Å². The van der Waals surface area contributed by atoms with Gasteiger partial charge in [-0.3, -0.25) is 4.79 Å². The summed E-state index contributed by atoms with van der Waals surface area (Å²) in [6, 6.07) is 1.68. The van der Waals surface area contributed by atoms with Crippen LogP contribution in [0.1, 0.15) is 35.9 Å². The zero-order valence-corrected chi connectivity index (χ0v) is 14.2. The summed E-state index contributed by atoms with van der Waals surface area (Å²) in [6.07, 6.45) is 1.56. The maximum Gasteiger partial charge on any atom is 0.310 e. The number of carboxylic acids is 1. The van der Waals surface area contributed by atoms with Crippen LogP contribution in [-0.4, -0.2) is 36.9 Å². The molecule has 2 rings (SSSR count). The highest BCUT2D eigenvalue weighted by atomic mass is 32.2. The molecular formula is C14H21NO4S2. The molecule has 1 unspecified atom stereocenters. The summed E-state index contributed by atoms with van der Waals surface area (Å²) in [5.74, 6) is -0.900. The molecule has 1 aliphatic heterocycles. The standard InChI is InChI=1S/C14H21NO4S2/c1-4-14(13(16)17)6-5-7-15(9-14)21(18,19)12-8-10(2)20-11(12)3/h8H,4-7,9H2,1-3H3,(H,16,17). The molecule has 1 N–H and O–H groups in total. The van der Waals surface area contributed by atoms with Crippen molar-refractivity contribution in [3.63, 3.8) is 0 Å². The van der Waals surface area contributed by atoms with Crippen LogP contribution in [0.15, 0.2) is 11.0 Å². The van der Waals surface area contributed by atoms with Crippen molar-refractivity contribution in [3.05, 3.63) is 15.8 Å². The monoisotopic (exact) mass is 331 g/mol. The van der Waals surface area contributed by atoms with Crippen molar-refractivity contribution in [2.45, 2.75) is 44.9 Å². The first-order valence-corrected chi connectivity index (χ1v) is 9.29.